The second kappa shape index (κ2) is 8.28. The van der Waals surface area contributed by atoms with Crippen molar-refractivity contribution in [3.8, 4) is 0 Å². The first-order valence-electron chi connectivity index (χ1n) is 6.81. The molecule has 0 saturated carbocycles. The molecule has 0 aliphatic carbocycles. The van der Waals surface area contributed by atoms with Crippen LogP contribution in [0.2, 0.25) is 5.02 Å². The summed E-state index contributed by atoms with van der Waals surface area (Å²) in [6.45, 7) is 0. The van der Waals surface area contributed by atoms with Crippen molar-refractivity contribution in [3.63, 3.8) is 0 Å². The second-order valence-electron chi connectivity index (χ2n) is 4.61. The molecular weight excluding hydrogens is 350 g/mol. The molecule has 0 aliphatic rings. The van der Waals surface area contributed by atoms with Crippen LogP contribution >= 0.6 is 23.8 Å². The van der Waals surface area contributed by atoms with E-state index in [0.29, 0.717) is 16.1 Å². The summed E-state index contributed by atoms with van der Waals surface area (Å²) in [6.07, 6.45) is 0. The molecule has 0 fully saturated rings. The molecule has 1 amide bonds. The van der Waals surface area contributed by atoms with Crippen molar-refractivity contribution in [1.29, 1.82) is 0 Å². The van der Waals surface area contributed by atoms with Gasteiger partial charge in [0.15, 0.2) is 5.11 Å². The van der Waals surface area contributed by atoms with Gasteiger partial charge in [-0.25, -0.2) is 4.79 Å². The summed E-state index contributed by atoms with van der Waals surface area (Å²) < 4.78 is 4.59. The van der Waals surface area contributed by atoms with Crippen molar-refractivity contribution >= 4 is 46.5 Å². The summed E-state index contributed by atoms with van der Waals surface area (Å²) in [4.78, 5) is 23.3. The van der Waals surface area contributed by atoms with E-state index in [-0.39, 0.29) is 5.11 Å². The molecule has 3 N–H and O–H groups in total. The molecule has 0 spiro atoms. The molecule has 24 heavy (non-hydrogen) atoms. The number of halogens is 1. The van der Waals surface area contributed by atoms with Gasteiger partial charge in [0.05, 0.1) is 12.7 Å². The molecule has 2 aromatic rings. The molecule has 2 rings (SSSR count). The molecule has 0 heterocycles. The number of carbonyl (C=O) groups is 2. The molecular formula is C16H14ClN3O3S. The van der Waals surface area contributed by atoms with Crippen LogP contribution in [0.3, 0.4) is 0 Å². The van der Waals surface area contributed by atoms with E-state index in [9.17, 15) is 9.59 Å². The van der Waals surface area contributed by atoms with Crippen LogP contribution in [-0.4, -0.2) is 24.1 Å². The number of hydrogen-bond donors (Lipinski definition) is 3. The Balaban J connectivity index is 1.87. The van der Waals surface area contributed by atoms with Gasteiger partial charge in [0.25, 0.3) is 5.91 Å². The van der Waals surface area contributed by atoms with Crippen LogP contribution in [0.4, 0.5) is 5.69 Å². The van der Waals surface area contributed by atoms with E-state index < -0.39 is 11.9 Å². The van der Waals surface area contributed by atoms with E-state index in [1.807, 2.05) is 0 Å². The van der Waals surface area contributed by atoms with Gasteiger partial charge in [-0.05, 0) is 60.7 Å². The molecule has 8 heteroatoms. The standard InChI is InChI=1S/C16H14ClN3O3S/c1-23-15(22)11-4-2-10(3-5-11)14(21)19-20-16(24)18-13-8-6-12(17)7-9-13/h2-9H,1H3,(H,19,21)(H2,18,20,24). The van der Waals surface area contributed by atoms with E-state index in [1.54, 1.807) is 24.3 Å². The maximum atomic E-state index is 12.0. The molecule has 0 saturated heterocycles. The fourth-order valence-corrected chi connectivity index (χ4v) is 2.05. The maximum absolute atomic E-state index is 12.0. The largest absolute Gasteiger partial charge is 0.465 e. The maximum Gasteiger partial charge on any atom is 0.337 e. The number of anilines is 1. The van der Waals surface area contributed by atoms with E-state index in [4.69, 9.17) is 23.8 Å². The normalized spacial score (nSPS) is 9.75. The number of rotatable bonds is 3. The Hall–Kier alpha value is -2.64. The zero-order valence-electron chi connectivity index (χ0n) is 12.6. The van der Waals surface area contributed by atoms with Crippen LogP contribution in [-0.2, 0) is 4.74 Å². The molecule has 0 radical (unpaired) electrons. The first-order valence-corrected chi connectivity index (χ1v) is 7.59. The lowest BCUT2D eigenvalue weighted by molar-refractivity contribution is 0.0600. The average molecular weight is 364 g/mol. The Bertz CT molecular complexity index is 748. The highest BCUT2D eigenvalue weighted by atomic mass is 35.5. The highest BCUT2D eigenvalue weighted by molar-refractivity contribution is 7.80. The molecule has 0 aliphatic heterocycles. The number of methoxy groups -OCH3 is 1. The minimum absolute atomic E-state index is 0.219. The van der Waals surface area contributed by atoms with Gasteiger partial charge in [-0.3, -0.25) is 15.6 Å². The number of carbonyl (C=O) groups excluding carboxylic acids is 2. The average Bonchev–Trinajstić information content (AvgIpc) is 2.61. The van der Waals surface area contributed by atoms with E-state index in [1.165, 1.54) is 31.4 Å². The Kier molecular flexibility index (Phi) is 6.11. The second-order valence-corrected chi connectivity index (χ2v) is 5.45. The lowest BCUT2D eigenvalue weighted by Gasteiger charge is -2.11. The van der Waals surface area contributed by atoms with Crippen LogP contribution in [0, 0.1) is 0 Å². The lowest BCUT2D eigenvalue weighted by atomic mass is 10.1. The van der Waals surface area contributed by atoms with Crippen LogP contribution in [0.25, 0.3) is 0 Å². The third kappa shape index (κ3) is 4.94. The third-order valence-corrected chi connectivity index (χ3v) is 3.42. The number of hydrazine groups is 1. The Morgan fingerprint density at radius 3 is 2.12 bits per heavy atom. The molecule has 0 unspecified atom stereocenters. The highest BCUT2D eigenvalue weighted by Gasteiger charge is 2.09. The predicted octanol–water partition coefficient (Wildman–Crippen LogP) is 2.76. The molecule has 6 nitrogen and oxygen atoms in total. The van der Waals surface area contributed by atoms with Crippen molar-refractivity contribution in [2.45, 2.75) is 0 Å². The fourth-order valence-electron chi connectivity index (χ4n) is 1.76. The molecule has 0 atom stereocenters. The number of hydrogen-bond acceptors (Lipinski definition) is 4. The van der Waals surface area contributed by atoms with Crippen molar-refractivity contribution in [1.82, 2.24) is 10.9 Å². The van der Waals surface area contributed by atoms with Gasteiger partial charge >= 0.3 is 5.97 Å². The lowest BCUT2D eigenvalue weighted by Crippen LogP contribution is -2.43. The Labute approximate surface area is 149 Å². The summed E-state index contributed by atoms with van der Waals surface area (Å²) in [5, 5.41) is 3.73. The molecule has 2 aromatic carbocycles. The van der Waals surface area contributed by atoms with Crippen molar-refractivity contribution in [3.05, 3.63) is 64.7 Å². The number of thiocarbonyl (C=S) groups is 1. The zero-order valence-corrected chi connectivity index (χ0v) is 14.2. The van der Waals surface area contributed by atoms with Gasteiger partial charge < -0.3 is 10.1 Å². The summed E-state index contributed by atoms with van der Waals surface area (Å²) >= 11 is 10.9. The van der Waals surface area contributed by atoms with E-state index in [2.05, 4.69) is 20.9 Å². The highest BCUT2D eigenvalue weighted by Crippen LogP contribution is 2.13. The number of nitrogens with one attached hydrogen (secondary N) is 3. The fraction of sp³-hybridized carbons (Fsp3) is 0.0625. The van der Waals surface area contributed by atoms with Gasteiger partial charge in [-0.2, -0.15) is 0 Å². The predicted molar refractivity (Wildman–Crippen MR) is 96.1 cm³/mol. The van der Waals surface area contributed by atoms with Crippen LogP contribution in [0.1, 0.15) is 20.7 Å². The number of ether oxygens (including phenoxy) is 1. The molecule has 0 aromatic heterocycles. The van der Waals surface area contributed by atoms with Gasteiger partial charge in [0, 0.05) is 16.3 Å². The number of benzene rings is 2. The zero-order chi connectivity index (χ0) is 17.5. The van der Waals surface area contributed by atoms with Crippen LogP contribution in [0.5, 0.6) is 0 Å². The van der Waals surface area contributed by atoms with Crippen LogP contribution < -0.4 is 16.2 Å². The minimum atomic E-state index is -0.464. The summed E-state index contributed by atoms with van der Waals surface area (Å²) in [5.41, 5.74) is 6.51. The quantitative estimate of drug-likeness (QED) is 0.442. The van der Waals surface area contributed by atoms with E-state index >= 15 is 0 Å². The Morgan fingerprint density at radius 1 is 0.958 bits per heavy atom. The first kappa shape index (κ1) is 17.7. The van der Waals surface area contributed by atoms with Gasteiger partial charge in [0.1, 0.15) is 0 Å². The number of esters is 1. The number of amides is 1. The van der Waals surface area contributed by atoms with E-state index in [0.717, 1.165) is 5.69 Å². The van der Waals surface area contributed by atoms with Crippen LogP contribution in [0.15, 0.2) is 48.5 Å². The minimum Gasteiger partial charge on any atom is -0.465 e. The van der Waals surface area contributed by atoms with Gasteiger partial charge in [0.2, 0.25) is 0 Å². The SMILES string of the molecule is COC(=O)c1ccc(C(=O)NNC(=S)Nc2ccc(Cl)cc2)cc1. The van der Waals surface area contributed by atoms with Crippen molar-refractivity contribution < 1.29 is 14.3 Å². The third-order valence-electron chi connectivity index (χ3n) is 2.96. The Morgan fingerprint density at radius 2 is 1.54 bits per heavy atom. The summed E-state index contributed by atoms with van der Waals surface area (Å²) in [5.74, 6) is -0.861. The smallest absolute Gasteiger partial charge is 0.337 e. The monoisotopic (exact) mass is 363 g/mol. The first-order chi connectivity index (χ1) is 11.5. The summed E-state index contributed by atoms with van der Waals surface area (Å²) in [6, 6.07) is 13.0. The van der Waals surface area contributed by atoms with Crippen molar-refractivity contribution in [2.24, 2.45) is 0 Å². The molecule has 124 valence electrons. The van der Waals surface area contributed by atoms with Crippen molar-refractivity contribution in [2.75, 3.05) is 12.4 Å². The molecule has 0 bridgehead atoms. The van der Waals surface area contributed by atoms with Gasteiger partial charge in [-0.15, -0.1) is 0 Å². The topological polar surface area (TPSA) is 79.5 Å². The van der Waals surface area contributed by atoms with Gasteiger partial charge in [-0.1, -0.05) is 11.6 Å². The summed E-state index contributed by atoms with van der Waals surface area (Å²) in [7, 11) is 1.29.